The Labute approximate surface area is 97.7 Å². The molecule has 0 aromatic heterocycles. The summed E-state index contributed by atoms with van der Waals surface area (Å²) in [5.74, 6) is 0.000778. The third kappa shape index (κ3) is 6.56. The molecule has 0 aliphatic rings. The first kappa shape index (κ1) is 15.1. The lowest BCUT2D eigenvalue weighted by molar-refractivity contribution is -0.128. The molecule has 1 atom stereocenters. The Bertz CT molecular complexity index is 226. The molecular formula is C12H23NO3. The molecule has 1 amide bonds. The van der Waals surface area contributed by atoms with Gasteiger partial charge in [0, 0.05) is 13.0 Å². The molecule has 0 aromatic carbocycles. The van der Waals surface area contributed by atoms with Gasteiger partial charge in [0.2, 0.25) is 5.91 Å². The molecule has 0 unspecified atom stereocenters. The highest BCUT2D eigenvalue weighted by Gasteiger charge is 2.19. The summed E-state index contributed by atoms with van der Waals surface area (Å²) < 4.78 is 5.21. The third-order valence-electron chi connectivity index (χ3n) is 2.24. The van der Waals surface area contributed by atoms with Crippen molar-refractivity contribution in [3.05, 3.63) is 0 Å². The fourth-order valence-corrected chi connectivity index (χ4v) is 1.39. The lowest BCUT2D eigenvalue weighted by Gasteiger charge is -2.19. The van der Waals surface area contributed by atoms with E-state index >= 15 is 0 Å². The highest BCUT2D eigenvalue weighted by molar-refractivity contribution is 5.87. The Hall–Kier alpha value is -0.900. The van der Waals surface area contributed by atoms with Crippen LogP contribution in [0.3, 0.4) is 0 Å². The molecule has 0 aromatic rings. The zero-order valence-electron chi connectivity index (χ0n) is 10.7. The number of ether oxygens (including phenoxy) is 1. The van der Waals surface area contributed by atoms with Crippen molar-refractivity contribution in [1.29, 1.82) is 0 Å². The first-order valence-electron chi connectivity index (χ1n) is 5.86. The number of amides is 1. The molecule has 4 nitrogen and oxygen atoms in total. The van der Waals surface area contributed by atoms with Gasteiger partial charge in [0.05, 0.1) is 12.6 Å². The van der Waals surface area contributed by atoms with Crippen LogP contribution in [-0.2, 0) is 14.3 Å². The molecule has 0 aliphatic carbocycles. The van der Waals surface area contributed by atoms with Crippen LogP contribution in [0.15, 0.2) is 0 Å². The summed E-state index contributed by atoms with van der Waals surface area (Å²) in [6.07, 6.45) is 1.26. The predicted octanol–water partition coefficient (Wildman–Crippen LogP) is 1.53. The van der Waals surface area contributed by atoms with Crippen molar-refractivity contribution in [2.24, 2.45) is 5.92 Å². The predicted molar refractivity (Wildman–Crippen MR) is 63.2 cm³/mol. The summed E-state index contributed by atoms with van der Waals surface area (Å²) in [7, 11) is 0. The van der Waals surface area contributed by atoms with E-state index < -0.39 is 0 Å². The van der Waals surface area contributed by atoms with E-state index in [1.165, 1.54) is 6.92 Å². The van der Waals surface area contributed by atoms with Crippen molar-refractivity contribution in [3.63, 3.8) is 0 Å². The third-order valence-corrected chi connectivity index (χ3v) is 2.24. The summed E-state index contributed by atoms with van der Waals surface area (Å²) in [5, 5.41) is 2.72. The Morgan fingerprint density at radius 3 is 2.31 bits per heavy atom. The van der Waals surface area contributed by atoms with Gasteiger partial charge in [-0.2, -0.15) is 0 Å². The van der Waals surface area contributed by atoms with Crippen LogP contribution in [0.1, 0.15) is 40.5 Å². The van der Waals surface area contributed by atoms with Gasteiger partial charge in [0.15, 0.2) is 5.78 Å². The largest absolute Gasteiger partial charge is 0.381 e. The molecule has 0 saturated carbocycles. The van der Waals surface area contributed by atoms with E-state index in [1.54, 1.807) is 0 Å². The molecule has 0 spiro atoms. The normalized spacial score (nSPS) is 12.6. The molecule has 16 heavy (non-hydrogen) atoms. The Kier molecular flexibility index (Phi) is 7.81. The van der Waals surface area contributed by atoms with E-state index in [0.29, 0.717) is 19.6 Å². The molecule has 94 valence electrons. The number of nitrogens with one attached hydrogen (secondary N) is 1. The van der Waals surface area contributed by atoms with Crippen LogP contribution < -0.4 is 5.32 Å². The fourth-order valence-electron chi connectivity index (χ4n) is 1.39. The number of hydrogen-bond acceptors (Lipinski definition) is 3. The summed E-state index contributed by atoms with van der Waals surface area (Å²) in [6.45, 7) is 8.44. The number of Topliss-reactive ketones (excluding diaryl/α,β-unsaturated/α-hetero) is 1. The van der Waals surface area contributed by atoms with Crippen LogP contribution in [0.2, 0.25) is 0 Å². The average molecular weight is 229 g/mol. The van der Waals surface area contributed by atoms with Crippen molar-refractivity contribution in [2.75, 3.05) is 13.2 Å². The second kappa shape index (κ2) is 8.28. The van der Waals surface area contributed by atoms with Gasteiger partial charge in [0.25, 0.3) is 0 Å². The van der Waals surface area contributed by atoms with Crippen LogP contribution in [0.5, 0.6) is 0 Å². The minimum atomic E-state index is -0.376. The minimum absolute atomic E-state index is 0.00201. The van der Waals surface area contributed by atoms with Crippen molar-refractivity contribution < 1.29 is 14.3 Å². The van der Waals surface area contributed by atoms with Gasteiger partial charge in [0.1, 0.15) is 0 Å². The highest BCUT2D eigenvalue weighted by atomic mass is 16.5. The molecule has 0 radical (unpaired) electrons. The zero-order valence-corrected chi connectivity index (χ0v) is 10.7. The Morgan fingerprint density at radius 2 is 1.88 bits per heavy atom. The molecule has 0 aliphatic heterocycles. The lowest BCUT2D eigenvalue weighted by atomic mass is 10.0. The molecule has 4 heteroatoms. The number of hydrogen-bond donors (Lipinski definition) is 1. The van der Waals surface area contributed by atoms with E-state index in [0.717, 1.165) is 6.42 Å². The van der Waals surface area contributed by atoms with E-state index in [9.17, 15) is 9.59 Å². The van der Waals surface area contributed by atoms with Crippen LogP contribution in [0.25, 0.3) is 0 Å². The lowest BCUT2D eigenvalue weighted by Crippen LogP contribution is -2.43. The van der Waals surface area contributed by atoms with Gasteiger partial charge in [-0.15, -0.1) is 0 Å². The Balaban J connectivity index is 3.87. The van der Waals surface area contributed by atoms with E-state index in [4.69, 9.17) is 4.74 Å². The molecule has 0 saturated heterocycles. The molecule has 0 rings (SSSR count). The summed E-state index contributed by atoms with van der Waals surface area (Å²) in [6, 6.07) is -0.376. The maximum Gasteiger partial charge on any atom is 0.222 e. The maximum absolute atomic E-state index is 11.5. The van der Waals surface area contributed by atoms with Crippen molar-refractivity contribution >= 4 is 11.7 Å². The van der Waals surface area contributed by atoms with Gasteiger partial charge in [-0.3, -0.25) is 9.59 Å². The molecular weight excluding hydrogens is 206 g/mol. The van der Waals surface area contributed by atoms with Gasteiger partial charge >= 0.3 is 0 Å². The summed E-state index contributed by atoms with van der Waals surface area (Å²) in [5.41, 5.74) is 0. The maximum atomic E-state index is 11.5. The molecule has 0 fully saturated rings. The standard InChI is InChI=1S/C12H23NO3/c1-5-7-16-8-6-11(15)13-12(9(2)3)10(4)14/h9,12H,5-8H2,1-4H3,(H,13,15)/t12-/m0/s1. The summed E-state index contributed by atoms with van der Waals surface area (Å²) >= 11 is 0. The molecule has 0 heterocycles. The number of rotatable bonds is 8. The first-order chi connectivity index (χ1) is 7.49. The fraction of sp³-hybridized carbons (Fsp3) is 0.833. The number of carbonyl (C=O) groups excluding carboxylic acids is 2. The van der Waals surface area contributed by atoms with Gasteiger partial charge in [-0.1, -0.05) is 20.8 Å². The van der Waals surface area contributed by atoms with Gasteiger partial charge in [-0.25, -0.2) is 0 Å². The van der Waals surface area contributed by atoms with Crippen molar-refractivity contribution in [1.82, 2.24) is 5.32 Å². The Morgan fingerprint density at radius 1 is 1.25 bits per heavy atom. The zero-order chi connectivity index (χ0) is 12.6. The van der Waals surface area contributed by atoms with E-state index in [-0.39, 0.29) is 23.7 Å². The van der Waals surface area contributed by atoms with Crippen LogP contribution >= 0.6 is 0 Å². The number of ketones is 1. The van der Waals surface area contributed by atoms with Crippen LogP contribution in [-0.4, -0.2) is 30.9 Å². The van der Waals surface area contributed by atoms with Gasteiger partial charge < -0.3 is 10.1 Å². The smallest absolute Gasteiger partial charge is 0.222 e. The van der Waals surface area contributed by atoms with E-state index in [1.807, 2.05) is 20.8 Å². The van der Waals surface area contributed by atoms with E-state index in [2.05, 4.69) is 5.32 Å². The minimum Gasteiger partial charge on any atom is -0.381 e. The molecule has 1 N–H and O–H groups in total. The highest BCUT2D eigenvalue weighted by Crippen LogP contribution is 2.03. The average Bonchev–Trinajstić information content (AvgIpc) is 2.20. The first-order valence-corrected chi connectivity index (χ1v) is 5.86. The number of carbonyl (C=O) groups is 2. The topological polar surface area (TPSA) is 55.4 Å². The van der Waals surface area contributed by atoms with Crippen molar-refractivity contribution in [3.8, 4) is 0 Å². The van der Waals surface area contributed by atoms with Crippen LogP contribution in [0.4, 0.5) is 0 Å². The quantitative estimate of drug-likeness (QED) is 0.642. The summed E-state index contributed by atoms with van der Waals surface area (Å²) in [4.78, 5) is 22.7. The van der Waals surface area contributed by atoms with Crippen LogP contribution in [0, 0.1) is 5.92 Å². The van der Waals surface area contributed by atoms with Gasteiger partial charge in [-0.05, 0) is 19.3 Å². The second-order valence-corrected chi connectivity index (χ2v) is 4.26. The monoisotopic (exact) mass is 229 g/mol. The molecule has 0 bridgehead atoms. The second-order valence-electron chi connectivity index (χ2n) is 4.26. The van der Waals surface area contributed by atoms with Crippen molar-refractivity contribution in [2.45, 2.75) is 46.6 Å². The SMILES string of the molecule is CCCOCCC(=O)N[C@H](C(C)=O)C(C)C.